The molecule has 106 valence electrons. The molecular formula is C14H29BO3. The van der Waals surface area contributed by atoms with Crippen LogP contribution in [0.2, 0.25) is 0 Å². The second-order valence-electron chi connectivity index (χ2n) is 6.80. The average molecular weight is 256 g/mol. The van der Waals surface area contributed by atoms with Gasteiger partial charge in [0.25, 0.3) is 13.1 Å². The van der Waals surface area contributed by atoms with Crippen LogP contribution in [-0.4, -0.2) is 31.4 Å². The van der Waals surface area contributed by atoms with Crippen LogP contribution in [0, 0.1) is 5.41 Å². The summed E-state index contributed by atoms with van der Waals surface area (Å²) in [7, 11) is 0.307. The van der Waals surface area contributed by atoms with E-state index in [1.165, 1.54) is 0 Å². The van der Waals surface area contributed by atoms with Crippen LogP contribution in [-0.2, 0) is 9.47 Å². The molecule has 0 aliphatic rings. The van der Waals surface area contributed by atoms with Crippen molar-refractivity contribution in [3.05, 3.63) is 0 Å². The van der Waals surface area contributed by atoms with Gasteiger partial charge in [0.05, 0.1) is 6.10 Å². The zero-order valence-electron chi connectivity index (χ0n) is 13.1. The van der Waals surface area contributed by atoms with E-state index in [1.54, 1.807) is 0 Å². The maximum absolute atomic E-state index is 11.7. The van der Waals surface area contributed by atoms with Gasteiger partial charge in [0.2, 0.25) is 0 Å². The fourth-order valence-corrected chi connectivity index (χ4v) is 1.38. The monoisotopic (exact) mass is 256 g/mol. The Morgan fingerprint density at radius 2 is 1.78 bits per heavy atom. The maximum Gasteiger partial charge on any atom is 0.296 e. The fraction of sp³-hybridized carbons (Fsp3) is 0.929. The zero-order chi connectivity index (χ0) is 14.4. The number of carbonyl (C=O) groups excluding carboxylic acids is 1. The van der Waals surface area contributed by atoms with Crippen LogP contribution >= 0.6 is 0 Å². The van der Waals surface area contributed by atoms with Crippen LogP contribution in [0.25, 0.3) is 0 Å². The first-order valence-corrected chi connectivity index (χ1v) is 6.89. The standard InChI is InChI=1S/C14H29BO3/c1-8-11(2)18-12(16)15-14(6,7)17-10-9-13(3,4)5/h11,15H,8-10H2,1-7H3. The van der Waals surface area contributed by atoms with Gasteiger partial charge in [0, 0.05) is 12.1 Å². The molecule has 0 fully saturated rings. The maximum atomic E-state index is 11.7. The molecular weight excluding hydrogens is 227 g/mol. The van der Waals surface area contributed by atoms with Gasteiger partial charge in [0.15, 0.2) is 0 Å². The molecule has 0 amide bonds. The van der Waals surface area contributed by atoms with Gasteiger partial charge in [-0.25, -0.2) is 0 Å². The topological polar surface area (TPSA) is 35.5 Å². The van der Waals surface area contributed by atoms with Gasteiger partial charge in [0.1, 0.15) is 0 Å². The van der Waals surface area contributed by atoms with Crippen LogP contribution in [0.3, 0.4) is 0 Å². The van der Waals surface area contributed by atoms with E-state index in [-0.39, 0.29) is 17.4 Å². The summed E-state index contributed by atoms with van der Waals surface area (Å²) in [6.07, 6.45) is 1.82. The molecule has 0 N–H and O–H groups in total. The lowest BCUT2D eigenvalue weighted by atomic mass is 9.62. The number of carbonyl (C=O) groups is 1. The summed E-state index contributed by atoms with van der Waals surface area (Å²) in [5, 5.41) is 0. The molecule has 0 radical (unpaired) electrons. The van der Waals surface area contributed by atoms with E-state index < -0.39 is 5.50 Å². The smallest absolute Gasteiger partial charge is 0.296 e. The Morgan fingerprint density at radius 1 is 1.22 bits per heavy atom. The van der Waals surface area contributed by atoms with Crippen LogP contribution in [0.1, 0.15) is 61.3 Å². The highest BCUT2D eigenvalue weighted by Gasteiger charge is 2.27. The minimum atomic E-state index is -0.449. The lowest BCUT2D eigenvalue weighted by Crippen LogP contribution is -2.39. The molecule has 1 atom stereocenters. The minimum absolute atomic E-state index is 0.0112. The molecule has 0 saturated carbocycles. The second kappa shape index (κ2) is 7.17. The van der Waals surface area contributed by atoms with E-state index in [1.807, 2.05) is 27.7 Å². The molecule has 0 aromatic rings. The highest BCUT2D eigenvalue weighted by molar-refractivity contribution is 6.74. The highest BCUT2D eigenvalue weighted by Crippen LogP contribution is 2.20. The molecule has 0 spiro atoms. The lowest BCUT2D eigenvalue weighted by molar-refractivity contribution is 0.0270. The van der Waals surface area contributed by atoms with Crippen molar-refractivity contribution in [2.45, 2.75) is 72.9 Å². The molecule has 0 aromatic heterocycles. The van der Waals surface area contributed by atoms with E-state index in [4.69, 9.17) is 9.47 Å². The normalized spacial score (nSPS) is 14.2. The summed E-state index contributed by atoms with van der Waals surface area (Å²) in [5.74, 6) is -0.176. The predicted molar refractivity (Wildman–Crippen MR) is 77.5 cm³/mol. The van der Waals surface area contributed by atoms with Gasteiger partial charge >= 0.3 is 0 Å². The van der Waals surface area contributed by atoms with Gasteiger partial charge in [-0.3, -0.25) is 4.79 Å². The minimum Gasteiger partial charge on any atom is -0.471 e. The van der Waals surface area contributed by atoms with Crippen molar-refractivity contribution in [2.75, 3.05) is 6.61 Å². The van der Waals surface area contributed by atoms with E-state index in [0.29, 0.717) is 13.9 Å². The second-order valence-corrected chi connectivity index (χ2v) is 6.80. The van der Waals surface area contributed by atoms with Gasteiger partial charge in [-0.1, -0.05) is 27.7 Å². The molecule has 0 aliphatic heterocycles. The SMILES string of the molecule is CCC(C)OC(=O)BC(C)(C)OCCC(C)(C)C. The first kappa shape index (κ1) is 17.5. The Morgan fingerprint density at radius 3 is 2.22 bits per heavy atom. The summed E-state index contributed by atoms with van der Waals surface area (Å²) < 4.78 is 11.1. The summed E-state index contributed by atoms with van der Waals surface area (Å²) in [4.78, 5) is 11.7. The predicted octanol–water partition coefficient (Wildman–Crippen LogP) is 3.55. The van der Waals surface area contributed by atoms with Crippen molar-refractivity contribution < 1.29 is 14.3 Å². The van der Waals surface area contributed by atoms with Gasteiger partial charge in [-0.05, 0) is 39.0 Å². The lowest BCUT2D eigenvalue weighted by Gasteiger charge is -2.26. The first-order valence-electron chi connectivity index (χ1n) is 6.89. The summed E-state index contributed by atoms with van der Waals surface area (Å²) in [6.45, 7) is 15.0. The van der Waals surface area contributed by atoms with E-state index in [2.05, 4.69) is 20.8 Å². The van der Waals surface area contributed by atoms with E-state index >= 15 is 0 Å². The Labute approximate surface area is 113 Å². The van der Waals surface area contributed by atoms with E-state index in [9.17, 15) is 4.79 Å². The number of hydrogen-bond acceptors (Lipinski definition) is 3. The molecule has 1 unspecified atom stereocenters. The van der Waals surface area contributed by atoms with Crippen molar-refractivity contribution in [2.24, 2.45) is 5.41 Å². The molecule has 18 heavy (non-hydrogen) atoms. The Kier molecular flexibility index (Phi) is 6.97. The summed E-state index contributed by atoms with van der Waals surface area (Å²) >= 11 is 0. The van der Waals surface area contributed by atoms with Crippen LogP contribution in [0.5, 0.6) is 0 Å². The van der Waals surface area contributed by atoms with Crippen molar-refractivity contribution >= 4 is 13.1 Å². The van der Waals surface area contributed by atoms with Gasteiger partial charge in [-0.2, -0.15) is 0 Å². The summed E-state index contributed by atoms with van der Waals surface area (Å²) in [5.41, 5.74) is -0.191. The van der Waals surface area contributed by atoms with Crippen molar-refractivity contribution in [1.82, 2.24) is 0 Å². The Bertz CT molecular complexity index is 256. The van der Waals surface area contributed by atoms with Crippen LogP contribution < -0.4 is 0 Å². The van der Waals surface area contributed by atoms with Crippen molar-refractivity contribution in [3.8, 4) is 0 Å². The molecule has 0 aliphatic carbocycles. The third-order valence-electron chi connectivity index (χ3n) is 2.82. The third-order valence-corrected chi connectivity index (χ3v) is 2.82. The molecule has 0 heterocycles. The first-order chi connectivity index (χ1) is 8.06. The van der Waals surface area contributed by atoms with Crippen LogP contribution in [0.4, 0.5) is 4.79 Å². The number of ether oxygens (including phenoxy) is 2. The Hall–Kier alpha value is -0.505. The van der Waals surface area contributed by atoms with E-state index in [0.717, 1.165) is 12.8 Å². The van der Waals surface area contributed by atoms with Crippen molar-refractivity contribution in [1.29, 1.82) is 0 Å². The average Bonchev–Trinajstić information content (AvgIpc) is 2.13. The van der Waals surface area contributed by atoms with Crippen molar-refractivity contribution in [3.63, 3.8) is 0 Å². The quantitative estimate of drug-likeness (QED) is 0.653. The van der Waals surface area contributed by atoms with Gasteiger partial charge in [-0.15, -0.1) is 0 Å². The molecule has 0 saturated heterocycles. The van der Waals surface area contributed by atoms with Gasteiger partial charge < -0.3 is 9.47 Å². The zero-order valence-corrected chi connectivity index (χ0v) is 13.1. The Balaban J connectivity index is 4.03. The number of rotatable bonds is 7. The molecule has 0 rings (SSSR count). The molecule has 0 aromatic carbocycles. The highest BCUT2D eigenvalue weighted by atomic mass is 16.5. The number of hydrogen-bond donors (Lipinski definition) is 0. The largest absolute Gasteiger partial charge is 0.471 e. The van der Waals surface area contributed by atoms with Crippen LogP contribution in [0.15, 0.2) is 0 Å². The summed E-state index contributed by atoms with van der Waals surface area (Å²) in [6, 6.07) is 0. The molecule has 3 nitrogen and oxygen atoms in total. The molecule has 4 heteroatoms. The fourth-order valence-electron chi connectivity index (χ4n) is 1.38. The molecule has 0 bridgehead atoms. The third kappa shape index (κ3) is 9.52.